The molecule has 26 heteroatoms. The molecule has 10 unspecified atom stereocenters. The molecule has 142 heavy (non-hydrogen) atoms. The lowest BCUT2D eigenvalue weighted by Gasteiger charge is -2.46. The molecule has 0 saturated carbocycles. The van der Waals surface area contributed by atoms with E-state index in [1.807, 2.05) is 0 Å². The molecule has 8 N–H and O–H groups in total. The molecule has 2 saturated heterocycles. The van der Waals surface area contributed by atoms with Crippen molar-refractivity contribution in [2.75, 3.05) is 13.2 Å². The van der Waals surface area contributed by atoms with Crippen LogP contribution in [0.15, 0.2) is 12.2 Å². The normalized spacial score (nSPS) is 19.1. The van der Waals surface area contributed by atoms with E-state index in [9.17, 15) is 58.8 Å². The maximum atomic E-state index is 15.2. The number of rotatable bonds is 102. The van der Waals surface area contributed by atoms with E-state index in [-0.39, 0.29) is 25.7 Å². The summed E-state index contributed by atoms with van der Waals surface area (Å²) < 4.78 is 68.9. The molecule has 2 fully saturated rings. The van der Waals surface area contributed by atoms with Crippen LogP contribution in [0.3, 0.4) is 0 Å². The van der Waals surface area contributed by atoms with Crippen LogP contribution in [0.4, 0.5) is 0 Å². The monoisotopic (exact) mass is 2040 g/mol. The van der Waals surface area contributed by atoms with E-state index in [2.05, 4.69) is 71.3 Å². The molecule has 0 radical (unpaired) electrons. The van der Waals surface area contributed by atoms with Crippen molar-refractivity contribution in [3.63, 3.8) is 0 Å². The summed E-state index contributed by atoms with van der Waals surface area (Å²) >= 11 is 0. The number of carbonyl (C=O) groups is 7. The van der Waals surface area contributed by atoms with E-state index in [4.69, 9.17) is 42.4 Å². The van der Waals surface area contributed by atoms with Crippen LogP contribution in [0.2, 0.25) is 0 Å². The molecular weight excluding hydrogens is 1820 g/mol. The van der Waals surface area contributed by atoms with Gasteiger partial charge in [-0.25, -0.2) is 4.57 Å². The first kappa shape index (κ1) is 134. The van der Waals surface area contributed by atoms with E-state index < -0.39 is 174 Å². The number of aliphatic hydroxyl groups is 4. The van der Waals surface area contributed by atoms with Gasteiger partial charge in [-0.05, 0) is 89.9 Å². The third-order valence-electron chi connectivity index (χ3n) is 28.5. The minimum Gasteiger partial charge on any atom is -0.462 e. The summed E-state index contributed by atoms with van der Waals surface area (Å²) in [5.74, 6) is -4.99. The maximum absolute atomic E-state index is 15.2. The first-order valence-corrected chi connectivity index (χ1v) is 61.1. The molecule has 2 heterocycles. The summed E-state index contributed by atoms with van der Waals surface area (Å²) in [6, 6.07) is -3.63. The van der Waals surface area contributed by atoms with Crippen LogP contribution >= 0.6 is 7.82 Å². The van der Waals surface area contributed by atoms with Gasteiger partial charge >= 0.3 is 37.7 Å². The Labute approximate surface area is 865 Å². The molecule has 2 amide bonds. The van der Waals surface area contributed by atoms with Gasteiger partial charge in [0.15, 0.2) is 24.8 Å². The number of amides is 2. The zero-order chi connectivity index (χ0) is 104. The molecule has 0 aromatic heterocycles. The Kier molecular flexibility index (Phi) is 88.7. The average molecular weight is 2040 g/mol. The number of unbranched alkanes of at least 4 members (excludes halogenated alkanes) is 65. The predicted octanol–water partition coefficient (Wildman–Crippen LogP) is 28.6. The van der Waals surface area contributed by atoms with E-state index >= 15 is 9.59 Å². The second kappa shape index (κ2) is 94.1. The Bertz CT molecular complexity index is 3050. The standard InChI is InChI=1S/C116H217N2O23P/c1-8-15-22-29-36-43-46-49-52-59-66-73-80-87-104(123)134-97(84-77-70-63-56-40-33-26-19-12-5)91-102(121)117-109-113(140-108(127)93-99(86-79-72-65-58-42-35-28-21-14-7)136-106(125)89-82-75-68-61-54-51-48-45-38-31-24-17-10-3)111(128)100(94-119)137-115(109)133-95-101-112(129)114(139-107(126)90-96(120)83-76-69-62-55-39-32-25-18-11-4)110(116(138-101)141-142(130,131)132)118-103(122)92-98(85-78-71-64-57-41-34-27-20-13-6)135-105(124)88-81-74-67-60-53-50-47-44-37-30-23-16-9-2/h43,46,96-101,109-116,119-120,128-129H,8-42,44-45,47-95H2,1-7H3,(H,117,121)(H,118,122)(H2,130,131,132)/b46-43-/t96?,97?,98?,99?,100?,101?,109-,110-,111?,112+,113?,114?,115+,116?/m0/s1. The van der Waals surface area contributed by atoms with Gasteiger partial charge in [0.1, 0.15) is 54.8 Å². The SMILES string of the molecule is CCCCCC/C=C\CCCCCCCC(=O)OC(CCCCCCCCCCC)CC(=O)N[C@H]1C(OC(=O)CC(CCCCCCCCCCC)OC(=O)CCCCCCCCCCCCCCC)C(O)C(CO)O[C@H]1OCC1OC(OP(=O)(O)O)[C@@H](NC(=O)CC(CCCCCCCCCCC)OC(=O)CCCCCCCCCCCCCCC)C(OC(=O)CC(O)CCCCCCCCCCC)[C@@H]1O. The number of hydrogen-bond acceptors (Lipinski definition) is 21. The Morgan fingerprint density at radius 2 is 0.556 bits per heavy atom. The number of carbonyl (C=O) groups excluding carboxylic acids is 7. The Hall–Kier alpha value is -4.14. The lowest BCUT2D eigenvalue weighted by molar-refractivity contribution is -0.298. The van der Waals surface area contributed by atoms with Crippen molar-refractivity contribution in [2.24, 2.45) is 0 Å². The summed E-state index contributed by atoms with van der Waals surface area (Å²) in [4.78, 5) is 123. The molecule has 14 atom stereocenters. The number of nitrogens with one attached hydrogen (secondary N) is 2. The molecule has 2 aliphatic rings. The van der Waals surface area contributed by atoms with Gasteiger partial charge in [0.25, 0.3) is 0 Å². The number of aliphatic hydroxyl groups excluding tert-OH is 4. The van der Waals surface area contributed by atoms with Crippen molar-refractivity contribution >= 4 is 49.5 Å². The molecule has 2 aliphatic heterocycles. The van der Waals surface area contributed by atoms with Crippen molar-refractivity contribution in [3.8, 4) is 0 Å². The lowest BCUT2D eigenvalue weighted by Crippen LogP contribution is -2.67. The molecule has 0 aromatic carbocycles. The van der Waals surface area contributed by atoms with Gasteiger partial charge in [-0.2, -0.15) is 0 Å². The molecule has 0 bridgehead atoms. The summed E-state index contributed by atoms with van der Waals surface area (Å²) in [6.07, 6.45) is 61.9. The molecule has 834 valence electrons. The highest BCUT2D eigenvalue weighted by Crippen LogP contribution is 2.42. The van der Waals surface area contributed by atoms with Crippen molar-refractivity contribution in [2.45, 2.75) is 674 Å². The number of phosphoric acid groups is 1. The van der Waals surface area contributed by atoms with Gasteiger partial charge in [0.05, 0.1) is 45.0 Å². The van der Waals surface area contributed by atoms with Crippen LogP contribution in [0.5, 0.6) is 0 Å². The van der Waals surface area contributed by atoms with Crippen molar-refractivity contribution in [3.05, 3.63) is 12.2 Å². The average Bonchev–Trinajstić information content (AvgIpc) is 0.776. The lowest BCUT2D eigenvalue weighted by atomic mass is 9.95. The van der Waals surface area contributed by atoms with Gasteiger partial charge in [-0.1, -0.05) is 465 Å². The van der Waals surface area contributed by atoms with Crippen molar-refractivity contribution in [1.29, 1.82) is 0 Å². The fourth-order valence-corrected chi connectivity index (χ4v) is 20.1. The third-order valence-corrected chi connectivity index (χ3v) is 29.0. The quantitative estimate of drug-likeness (QED) is 0.00922. The topological polar surface area (TPSA) is 365 Å². The zero-order valence-corrected chi connectivity index (χ0v) is 92.5. The molecule has 0 aromatic rings. The van der Waals surface area contributed by atoms with Gasteiger partial charge in [0.2, 0.25) is 11.8 Å². The molecule has 2 rings (SSSR count). The first-order valence-electron chi connectivity index (χ1n) is 59.6. The van der Waals surface area contributed by atoms with Crippen LogP contribution in [0.25, 0.3) is 0 Å². The fourth-order valence-electron chi connectivity index (χ4n) is 19.7. The number of ether oxygens (including phenoxy) is 8. The molecule has 0 aliphatic carbocycles. The van der Waals surface area contributed by atoms with Gasteiger partial charge in [-0.15, -0.1) is 0 Å². The Balaban J connectivity index is 2.82. The Morgan fingerprint density at radius 3 is 0.859 bits per heavy atom. The number of phosphoric ester groups is 1. The first-order chi connectivity index (χ1) is 69.1. The predicted molar refractivity (Wildman–Crippen MR) is 571 cm³/mol. The van der Waals surface area contributed by atoms with E-state index in [0.717, 1.165) is 244 Å². The van der Waals surface area contributed by atoms with Gasteiger partial charge in [0, 0.05) is 19.3 Å². The molecule has 25 nitrogen and oxygen atoms in total. The van der Waals surface area contributed by atoms with E-state index in [0.29, 0.717) is 64.2 Å². The number of esters is 5. The minimum atomic E-state index is -5.69. The fraction of sp³-hybridized carbons (Fsp3) is 0.922. The highest BCUT2D eigenvalue weighted by molar-refractivity contribution is 7.46. The third kappa shape index (κ3) is 75.5. The number of hydrogen-bond donors (Lipinski definition) is 8. The highest BCUT2D eigenvalue weighted by atomic mass is 31.2. The van der Waals surface area contributed by atoms with Crippen LogP contribution in [-0.2, 0) is 80.5 Å². The minimum absolute atomic E-state index is 0.126. The zero-order valence-electron chi connectivity index (χ0n) is 91.6. The van der Waals surface area contributed by atoms with Crippen LogP contribution < -0.4 is 10.6 Å². The van der Waals surface area contributed by atoms with E-state index in [1.54, 1.807) is 0 Å². The number of allylic oxidation sites excluding steroid dienone is 2. The Morgan fingerprint density at radius 1 is 0.310 bits per heavy atom. The molecule has 0 spiro atoms. The van der Waals surface area contributed by atoms with Crippen LogP contribution in [0.1, 0.15) is 588 Å². The largest absolute Gasteiger partial charge is 0.472 e. The summed E-state index contributed by atoms with van der Waals surface area (Å²) in [6.45, 7) is 13.6. The van der Waals surface area contributed by atoms with E-state index in [1.165, 1.54) is 180 Å². The highest BCUT2D eigenvalue weighted by Gasteiger charge is 2.54. The second-order valence-electron chi connectivity index (χ2n) is 42.2. The van der Waals surface area contributed by atoms with Crippen molar-refractivity contribution < 1.29 is 111 Å². The van der Waals surface area contributed by atoms with Crippen LogP contribution in [-0.4, -0.2) is 171 Å². The summed E-state index contributed by atoms with van der Waals surface area (Å²) in [7, 11) is -5.69. The van der Waals surface area contributed by atoms with Gasteiger partial charge < -0.3 is 78.7 Å². The molecular formula is C116H217N2O23P. The second-order valence-corrected chi connectivity index (χ2v) is 43.4. The summed E-state index contributed by atoms with van der Waals surface area (Å²) in [5, 5.41) is 53.5. The van der Waals surface area contributed by atoms with Crippen LogP contribution in [0, 0.1) is 0 Å². The smallest absolute Gasteiger partial charge is 0.462 e. The summed E-state index contributed by atoms with van der Waals surface area (Å²) in [5.41, 5.74) is 0. The maximum Gasteiger partial charge on any atom is 0.472 e. The van der Waals surface area contributed by atoms with Gasteiger partial charge in [-0.3, -0.25) is 38.1 Å². The van der Waals surface area contributed by atoms with Crippen molar-refractivity contribution in [1.82, 2.24) is 10.6 Å².